The number of hydrogen-bond donors (Lipinski definition) is 0. The molecule has 0 saturated carbocycles. The molecule has 1 heterocycles. The van der Waals surface area contributed by atoms with E-state index in [2.05, 4.69) is 36.4 Å². The topological polar surface area (TPSA) is 17.1 Å². The largest absolute Gasteiger partial charge is 0.295 e. The van der Waals surface area contributed by atoms with Crippen molar-refractivity contribution in [2.45, 2.75) is 24.2 Å². The standard InChI is InChI=1S/C17H16OS/c1-12(18)13-6-8-14(9-7-13)16-10-15-4-2-3-5-17(15)19-11-16/h2-9,16H,10-11H2,1H3/t16-/m1/s1. The van der Waals surface area contributed by atoms with Crippen LogP contribution in [0.25, 0.3) is 0 Å². The highest BCUT2D eigenvalue weighted by molar-refractivity contribution is 7.99. The summed E-state index contributed by atoms with van der Waals surface area (Å²) in [7, 11) is 0. The van der Waals surface area contributed by atoms with Gasteiger partial charge in [0.1, 0.15) is 0 Å². The van der Waals surface area contributed by atoms with E-state index in [9.17, 15) is 4.79 Å². The maximum Gasteiger partial charge on any atom is 0.159 e. The van der Waals surface area contributed by atoms with Gasteiger partial charge in [-0.2, -0.15) is 0 Å². The van der Waals surface area contributed by atoms with Gasteiger partial charge >= 0.3 is 0 Å². The zero-order valence-electron chi connectivity index (χ0n) is 10.9. The average Bonchev–Trinajstić information content (AvgIpc) is 2.47. The fraction of sp³-hybridized carbons (Fsp3) is 0.235. The van der Waals surface area contributed by atoms with Crippen molar-refractivity contribution in [1.29, 1.82) is 0 Å². The first-order chi connectivity index (χ1) is 9.24. The smallest absolute Gasteiger partial charge is 0.159 e. The van der Waals surface area contributed by atoms with Crippen LogP contribution in [-0.2, 0) is 6.42 Å². The molecule has 96 valence electrons. The lowest BCUT2D eigenvalue weighted by atomic mass is 9.92. The van der Waals surface area contributed by atoms with Crippen LogP contribution in [0.2, 0.25) is 0 Å². The molecule has 1 aliphatic heterocycles. The van der Waals surface area contributed by atoms with Gasteiger partial charge in [0, 0.05) is 16.2 Å². The summed E-state index contributed by atoms with van der Waals surface area (Å²) in [6, 6.07) is 16.7. The fourth-order valence-electron chi connectivity index (χ4n) is 2.53. The summed E-state index contributed by atoms with van der Waals surface area (Å²) in [5.74, 6) is 1.81. The van der Waals surface area contributed by atoms with E-state index < -0.39 is 0 Å². The van der Waals surface area contributed by atoms with Gasteiger partial charge in [0.2, 0.25) is 0 Å². The van der Waals surface area contributed by atoms with Gasteiger partial charge in [-0.3, -0.25) is 4.79 Å². The van der Waals surface area contributed by atoms with E-state index in [1.165, 1.54) is 16.0 Å². The SMILES string of the molecule is CC(=O)c1ccc([C@H]2CSc3ccccc3C2)cc1. The Morgan fingerprint density at radius 2 is 1.84 bits per heavy atom. The average molecular weight is 268 g/mol. The molecule has 0 amide bonds. The van der Waals surface area contributed by atoms with Crippen molar-refractivity contribution in [3.63, 3.8) is 0 Å². The zero-order valence-corrected chi connectivity index (χ0v) is 11.7. The fourth-order valence-corrected chi connectivity index (χ4v) is 3.73. The number of fused-ring (bicyclic) bond motifs is 1. The zero-order chi connectivity index (χ0) is 13.2. The van der Waals surface area contributed by atoms with Gasteiger partial charge in [-0.1, -0.05) is 42.5 Å². The number of Topliss-reactive ketones (excluding diaryl/α,β-unsaturated/α-hetero) is 1. The molecule has 0 unspecified atom stereocenters. The predicted molar refractivity (Wildman–Crippen MR) is 80.1 cm³/mol. The third-order valence-electron chi connectivity index (χ3n) is 3.67. The Morgan fingerprint density at radius 1 is 1.11 bits per heavy atom. The molecular formula is C17H16OS. The molecule has 0 saturated heterocycles. The summed E-state index contributed by atoms with van der Waals surface area (Å²) in [5, 5.41) is 0. The second-order valence-corrected chi connectivity index (χ2v) is 6.06. The summed E-state index contributed by atoms with van der Waals surface area (Å²) in [6.45, 7) is 1.61. The minimum atomic E-state index is 0.134. The molecule has 2 aromatic carbocycles. The molecule has 0 N–H and O–H groups in total. The van der Waals surface area contributed by atoms with Crippen LogP contribution in [0.3, 0.4) is 0 Å². The predicted octanol–water partition coefficient (Wildman–Crippen LogP) is 4.32. The summed E-state index contributed by atoms with van der Waals surface area (Å²) < 4.78 is 0. The highest BCUT2D eigenvalue weighted by atomic mass is 32.2. The summed E-state index contributed by atoms with van der Waals surface area (Å²) in [4.78, 5) is 12.7. The Morgan fingerprint density at radius 3 is 2.58 bits per heavy atom. The second-order valence-electron chi connectivity index (χ2n) is 5.00. The molecule has 0 spiro atoms. The van der Waals surface area contributed by atoms with Crippen LogP contribution in [0.4, 0.5) is 0 Å². The first kappa shape index (κ1) is 12.5. The van der Waals surface area contributed by atoms with Crippen LogP contribution in [-0.4, -0.2) is 11.5 Å². The van der Waals surface area contributed by atoms with Crippen LogP contribution in [0.1, 0.15) is 34.3 Å². The molecule has 1 aliphatic rings. The highest BCUT2D eigenvalue weighted by Crippen LogP contribution is 2.37. The second kappa shape index (κ2) is 5.22. The highest BCUT2D eigenvalue weighted by Gasteiger charge is 2.20. The maximum absolute atomic E-state index is 11.3. The quantitative estimate of drug-likeness (QED) is 0.754. The van der Waals surface area contributed by atoms with Crippen LogP contribution in [0.15, 0.2) is 53.4 Å². The molecule has 0 aromatic heterocycles. The Labute approximate surface area is 118 Å². The van der Waals surface area contributed by atoms with Gasteiger partial charge in [-0.15, -0.1) is 11.8 Å². The third kappa shape index (κ3) is 2.59. The van der Waals surface area contributed by atoms with E-state index in [0.29, 0.717) is 5.92 Å². The number of ketones is 1. The van der Waals surface area contributed by atoms with E-state index >= 15 is 0 Å². The van der Waals surface area contributed by atoms with Crippen molar-refractivity contribution in [2.24, 2.45) is 0 Å². The lowest BCUT2D eigenvalue weighted by molar-refractivity contribution is 0.101. The Kier molecular flexibility index (Phi) is 3.43. The molecule has 3 rings (SSSR count). The molecule has 2 aromatic rings. The van der Waals surface area contributed by atoms with Crippen molar-refractivity contribution in [3.05, 3.63) is 65.2 Å². The summed E-state index contributed by atoms with van der Waals surface area (Å²) >= 11 is 1.94. The molecule has 1 nitrogen and oxygen atoms in total. The number of benzene rings is 2. The third-order valence-corrected chi connectivity index (χ3v) is 4.95. The molecule has 0 fully saturated rings. The summed E-state index contributed by atoms with van der Waals surface area (Å²) in [5.41, 5.74) is 3.58. The van der Waals surface area contributed by atoms with Crippen molar-refractivity contribution in [2.75, 3.05) is 5.75 Å². The monoisotopic (exact) mass is 268 g/mol. The molecular weight excluding hydrogens is 252 g/mol. The van der Waals surface area contributed by atoms with Gasteiger partial charge < -0.3 is 0 Å². The van der Waals surface area contributed by atoms with Gasteiger partial charge in [-0.05, 0) is 36.5 Å². The normalized spacial score (nSPS) is 17.8. The van der Waals surface area contributed by atoms with Gasteiger partial charge in [0.15, 0.2) is 5.78 Å². The van der Waals surface area contributed by atoms with E-state index in [4.69, 9.17) is 0 Å². The first-order valence-corrected chi connectivity index (χ1v) is 7.54. The van der Waals surface area contributed by atoms with Crippen molar-refractivity contribution in [1.82, 2.24) is 0 Å². The van der Waals surface area contributed by atoms with Crippen LogP contribution >= 0.6 is 11.8 Å². The number of carbonyl (C=O) groups excluding carboxylic acids is 1. The van der Waals surface area contributed by atoms with Crippen molar-refractivity contribution >= 4 is 17.5 Å². The van der Waals surface area contributed by atoms with Crippen molar-refractivity contribution < 1.29 is 4.79 Å². The minimum absolute atomic E-state index is 0.134. The number of rotatable bonds is 2. The van der Waals surface area contributed by atoms with Crippen LogP contribution in [0.5, 0.6) is 0 Å². The number of hydrogen-bond acceptors (Lipinski definition) is 2. The minimum Gasteiger partial charge on any atom is -0.295 e. The van der Waals surface area contributed by atoms with Gasteiger partial charge in [-0.25, -0.2) is 0 Å². The lowest BCUT2D eigenvalue weighted by Gasteiger charge is -2.24. The van der Waals surface area contributed by atoms with E-state index in [-0.39, 0.29) is 5.78 Å². The summed E-state index contributed by atoms with van der Waals surface area (Å²) in [6.07, 6.45) is 1.10. The Hall–Kier alpha value is -1.54. The van der Waals surface area contributed by atoms with Crippen molar-refractivity contribution in [3.8, 4) is 0 Å². The maximum atomic E-state index is 11.3. The molecule has 1 atom stereocenters. The van der Waals surface area contributed by atoms with E-state index in [0.717, 1.165) is 17.7 Å². The Balaban J connectivity index is 1.83. The number of thioether (sulfide) groups is 1. The van der Waals surface area contributed by atoms with E-state index in [1.807, 2.05) is 23.9 Å². The van der Waals surface area contributed by atoms with Crippen LogP contribution in [0, 0.1) is 0 Å². The van der Waals surface area contributed by atoms with Gasteiger partial charge in [0.25, 0.3) is 0 Å². The Bertz CT molecular complexity index is 601. The van der Waals surface area contributed by atoms with Crippen LogP contribution < -0.4 is 0 Å². The molecule has 0 radical (unpaired) electrons. The lowest BCUT2D eigenvalue weighted by Crippen LogP contribution is -2.11. The molecule has 0 aliphatic carbocycles. The first-order valence-electron chi connectivity index (χ1n) is 6.55. The molecule has 2 heteroatoms. The van der Waals surface area contributed by atoms with E-state index in [1.54, 1.807) is 6.92 Å². The molecule has 0 bridgehead atoms. The van der Waals surface area contributed by atoms with Gasteiger partial charge in [0.05, 0.1) is 0 Å². The number of carbonyl (C=O) groups is 1. The molecule has 19 heavy (non-hydrogen) atoms.